The van der Waals surface area contributed by atoms with Gasteiger partial charge in [0.2, 0.25) is 0 Å². The molecule has 1 N–H and O–H groups in total. The lowest BCUT2D eigenvalue weighted by Crippen LogP contribution is -2.49. The van der Waals surface area contributed by atoms with Crippen molar-refractivity contribution in [1.82, 2.24) is 4.90 Å². The molecule has 3 aromatic rings. The summed E-state index contributed by atoms with van der Waals surface area (Å²) in [5.41, 5.74) is 1.46. The first-order chi connectivity index (χ1) is 14.9. The minimum atomic E-state index is -3.81. The molecule has 1 aliphatic heterocycles. The molecule has 0 saturated carbocycles. The van der Waals surface area contributed by atoms with E-state index in [4.69, 9.17) is 0 Å². The Morgan fingerprint density at radius 1 is 0.806 bits per heavy atom. The maximum absolute atomic E-state index is 13.2. The number of anilines is 2. The van der Waals surface area contributed by atoms with E-state index in [1.54, 1.807) is 59.5 Å². The van der Waals surface area contributed by atoms with Crippen LogP contribution in [0.5, 0.6) is 0 Å². The van der Waals surface area contributed by atoms with Crippen LogP contribution in [0.4, 0.5) is 15.8 Å². The molecule has 8 heteroatoms. The first-order valence-electron chi connectivity index (χ1n) is 9.91. The van der Waals surface area contributed by atoms with E-state index >= 15 is 0 Å². The Morgan fingerprint density at radius 2 is 1.42 bits per heavy atom. The van der Waals surface area contributed by atoms with E-state index in [-0.39, 0.29) is 22.3 Å². The Kier molecular flexibility index (Phi) is 5.90. The Hall–Kier alpha value is -3.39. The van der Waals surface area contributed by atoms with E-state index in [9.17, 15) is 17.6 Å². The summed E-state index contributed by atoms with van der Waals surface area (Å²) >= 11 is 0. The van der Waals surface area contributed by atoms with Crippen molar-refractivity contribution in [1.29, 1.82) is 0 Å². The second-order valence-electron chi connectivity index (χ2n) is 7.22. The number of hydrogen-bond donors (Lipinski definition) is 1. The highest BCUT2D eigenvalue weighted by atomic mass is 32.2. The van der Waals surface area contributed by atoms with Gasteiger partial charge in [-0.15, -0.1) is 0 Å². The van der Waals surface area contributed by atoms with Gasteiger partial charge in [-0.1, -0.05) is 30.3 Å². The zero-order chi connectivity index (χ0) is 21.8. The molecule has 1 fully saturated rings. The molecule has 1 heterocycles. The van der Waals surface area contributed by atoms with E-state index in [2.05, 4.69) is 9.62 Å². The third-order valence-electron chi connectivity index (χ3n) is 5.21. The van der Waals surface area contributed by atoms with Gasteiger partial charge >= 0.3 is 0 Å². The third-order valence-corrected chi connectivity index (χ3v) is 6.60. The van der Waals surface area contributed by atoms with Crippen LogP contribution < -0.4 is 9.62 Å². The standard InChI is InChI=1S/C23H22FN3O3S/c24-18-10-12-19(13-11-18)26-14-16-27(17-15-26)23(28)21-8-4-5-9-22(21)25-31(29,30)20-6-2-1-3-7-20/h1-13,25H,14-17H2. The van der Waals surface area contributed by atoms with Crippen LogP contribution in [0.1, 0.15) is 10.4 Å². The van der Waals surface area contributed by atoms with E-state index < -0.39 is 10.0 Å². The maximum atomic E-state index is 13.2. The second-order valence-corrected chi connectivity index (χ2v) is 8.90. The fraction of sp³-hybridized carbons (Fsp3) is 0.174. The van der Waals surface area contributed by atoms with E-state index in [1.165, 1.54) is 24.3 Å². The molecule has 160 valence electrons. The number of amides is 1. The van der Waals surface area contributed by atoms with Crippen molar-refractivity contribution in [3.8, 4) is 0 Å². The van der Waals surface area contributed by atoms with Gasteiger partial charge in [0.1, 0.15) is 5.82 Å². The number of hydrogen-bond acceptors (Lipinski definition) is 4. The monoisotopic (exact) mass is 439 g/mol. The predicted octanol–water partition coefficient (Wildman–Crippen LogP) is 3.59. The average molecular weight is 440 g/mol. The molecule has 0 atom stereocenters. The summed E-state index contributed by atoms with van der Waals surface area (Å²) in [5.74, 6) is -0.516. The first-order valence-corrected chi connectivity index (χ1v) is 11.4. The molecule has 0 unspecified atom stereocenters. The molecule has 31 heavy (non-hydrogen) atoms. The van der Waals surface area contributed by atoms with Crippen LogP contribution in [0, 0.1) is 5.82 Å². The summed E-state index contributed by atoms with van der Waals surface area (Å²) in [6.07, 6.45) is 0. The molecule has 1 amide bonds. The average Bonchev–Trinajstić information content (AvgIpc) is 2.80. The highest BCUT2D eigenvalue weighted by Gasteiger charge is 2.25. The van der Waals surface area contributed by atoms with Gasteiger partial charge in [-0.3, -0.25) is 9.52 Å². The minimum absolute atomic E-state index is 0.130. The molecule has 0 bridgehead atoms. The van der Waals surface area contributed by atoms with Gasteiger partial charge in [0.05, 0.1) is 16.1 Å². The van der Waals surface area contributed by atoms with Crippen LogP contribution in [0.3, 0.4) is 0 Å². The molecular weight excluding hydrogens is 417 g/mol. The van der Waals surface area contributed by atoms with E-state index in [1.807, 2.05) is 0 Å². The van der Waals surface area contributed by atoms with Crippen LogP contribution >= 0.6 is 0 Å². The smallest absolute Gasteiger partial charge is 0.261 e. The highest BCUT2D eigenvalue weighted by molar-refractivity contribution is 7.92. The Labute approximate surface area is 181 Å². The number of piperazine rings is 1. The number of nitrogens with zero attached hydrogens (tertiary/aromatic N) is 2. The van der Waals surface area contributed by atoms with Crippen LogP contribution in [-0.2, 0) is 10.0 Å². The first kappa shape index (κ1) is 20.9. The molecular formula is C23H22FN3O3S. The number of rotatable bonds is 5. The second kappa shape index (κ2) is 8.77. The molecule has 1 saturated heterocycles. The van der Waals surface area contributed by atoms with Crippen molar-refractivity contribution >= 4 is 27.3 Å². The summed E-state index contributed by atoms with van der Waals surface area (Å²) in [6, 6.07) is 20.9. The van der Waals surface area contributed by atoms with Gasteiger partial charge in [0.25, 0.3) is 15.9 Å². The van der Waals surface area contributed by atoms with Crippen LogP contribution in [-0.4, -0.2) is 45.4 Å². The maximum Gasteiger partial charge on any atom is 0.261 e. The number of carbonyl (C=O) groups excluding carboxylic acids is 1. The van der Waals surface area contributed by atoms with E-state index in [0.717, 1.165) is 5.69 Å². The summed E-state index contributed by atoms with van der Waals surface area (Å²) in [5, 5.41) is 0. The van der Waals surface area contributed by atoms with E-state index in [0.29, 0.717) is 31.7 Å². The third kappa shape index (κ3) is 4.69. The lowest BCUT2D eigenvalue weighted by Gasteiger charge is -2.36. The molecule has 4 rings (SSSR count). The van der Waals surface area contributed by atoms with Crippen molar-refractivity contribution in [2.24, 2.45) is 0 Å². The number of benzene rings is 3. The van der Waals surface area contributed by atoms with Gasteiger partial charge in [0, 0.05) is 31.9 Å². The fourth-order valence-electron chi connectivity index (χ4n) is 3.55. The fourth-order valence-corrected chi connectivity index (χ4v) is 4.65. The van der Waals surface area contributed by atoms with Crippen molar-refractivity contribution in [2.45, 2.75) is 4.90 Å². The van der Waals surface area contributed by atoms with Crippen LogP contribution in [0.25, 0.3) is 0 Å². The van der Waals surface area contributed by atoms with Gasteiger partial charge in [-0.25, -0.2) is 12.8 Å². The minimum Gasteiger partial charge on any atom is -0.368 e. The normalized spacial score (nSPS) is 14.4. The van der Waals surface area contributed by atoms with Crippen molar-refractivity contribution < 1.29 is 17.6 Å². The van der Waals surface area contributed by atoms with Crippen molar-refractivity contribution in [3.05, 3.63) is 90.2 Å². The number of nitrogens with one attached hydrogen (secondary N) is 1. The zero-order valence-corrected chi connectivity index (χ0v) is 17.6. The predicted molar refractivity (Wildman–Crippen MR) is 118 cm³/mol. The number of carbonyl (C=O) groups is 1. The molecule has 3 aromatic carbocycles. The molecule has 0 spiro atoms. The Morgan fingerprint density at radius 3 is 2.10 bits per heavy atom. The summed E-state index contributed by atoms with van der Waals surface area (Å²) in [4.78, 5) is 17.1. The lowest BCUT2D eigenvalue weighted by molar-refractivity contribution is 0.0748. The summed E-state index contributed by atoms with van der Waals surface area (Å²) in [6.45, 7) is 2.18. The molecule has 1 aliphatic rings. The lowest BCUT2D eigenvalue weighted by atomic mass is 10.1. The zero-order valence-electron chi connectivity index (χ0n) is 16.7. The quantitative estimate of drug-likeness (QED) is 0.660. The molecule has 0 radical (unpaired) electrons. The van der Waals surface area contributed by atoms with Crippen LogP contribution in [0.15, 0.2) is 83.8 Å². The Balaban J connectivity index is 1.48. The highest BCUT2D eigenvalue weighted by Crippen LogP contribution is 2.23. The Bertz CT molecular complexity index is 1160. The number of para-hydroxylation sites is 1. The SMILES string of the molecule is O=C(c1ccccc1NS(=O)(=O)c1ccccc1)N1CCN(c2ccc(F)cc2)CC1. The van der Waals surface area contributed by atoms with Gasteiger partial charge in [-0.2, -0.15) is 0 Å². The number of sulfonamides is 1. The van der Waals surface area contributed by atoms with Gasteiger partial charge < -0.3 is 9.80 Å². The van der Waals surface area contributed by atoms with Gasteiger partial charge in [-0.05, 0) is 48.5 Å². The topological polar surface area (TPSA) is 69.7 Å². The van der Waals surface area contributed by atoms with Gasteiger partial charge in [0.15, 0.2) is 0 Å². The molecule has 6 nitrogen and oxygen atoms in total. The summed E-state index contributed by atoms with van der Waals surface area (Å²) in [7, 11) is -3.81. The number of halogens is 1. The molecule has 0 aliphatic carbocycles. The molecule has 0 aromatic heterocycles. The van der Waals surface area contributed by atoms with Crippen LogP contribution in [0.2, 0.25) is 0 Å². The largest absolute Gasteiger partial charge is 0.368 e. The van der Waals surface area contributed by atoms with Crippen molar-refractivity contribution in [3.63, 3.8) is 0 Å². The van der Waals surface area contributed by atoms with Crippen molar-refractivity contribution in [2.75, 3.05) is 35.8 Å². The summed E-state index contributed by atoms with van der Waals surface area (Å²) < 4.78 is 41.1.